The molecule has 0 radical (unpaired) electrons. The first-order valence-electron chi connectivity index (χ1n) is 6.55. The van der Waals surface area contributed by atoms with Crippen molar-refractivity contribution in [2.45, 2.75) is 38.8 Å². The molecule has 0 aromatic heterocycles. The fourth-order valence-electron chi connectivity index (χ4n) is 2.69. The fourth-order valence-corrected chi connectivity index (χ4v) is 2.69. The van der Waals surface area contributed by atoms with E-state index in [1.807, 2.05) is 18.2 Å². The van der Waals surface area contributed by atoms with E-state index in [4.69, 9.17) is 0 Å². The first-order chi connectivity index (χ1) is 8.07. The number of rotatable bonds is 3. The maximum Gasteiger partial charge on any atom is 0.130 e. The third-order valence-electron chi connectivity index (χ3n) is 3.57. The zero-order chi connectivity index (χ0) is 12.3. The number of hydrogen-bond donors (Lipinski definition) is 1. The van der Waals surface area contributed by atoms with Crippen LogP contribution in [0.4, 0.5) is 4.39 Å². The molecule has 1 unspecified atom stereocenters. The minimum absolute atomic E-state index is 0.659. The van der Waals surface area contributed by atoms with Crippen LogP contribution in [0.3, 0.4) is 0 Å². The van der Waals surface area contributed by atoms with Gasteiger partial charge in [0.1, 0.15) is 5.67 Å². The normalized spacial score (nSPS) is 21.5. The van der Waals surface area contributed by atoms with Crippen molar-refractivity contribution in [2.24, 2.45) is 5.92 Å². The Morgan fingerprint density at radius 1 is 1.35 bits per heavy atom. The van der Waals surface area contributed by atoms with Gasteiger partial charge in [-0.2, -0.15) is 0 Å². The average Bonchev–Trinajstić information content (AvgIpc) is 2.30. The van der Waals surface area contributed by atoms with Crippen molar-refractivity contribution in [1.29, 1.82) is 0 Å². The Kier molecular flexibility index (Phi) is 3.82. The fraction of sp³-hybridized carbons (Fsp3) is 0.600. The van der Waals surface area contributed by atoms with E-state index in [1.54, 1.807) is 13.8 Å². The summed E-state index contributed by atoms with van der Waals surface area (Å²) in [7, 11) is 0. The second-order valence-electron chi connectivity index (χ2n) is 5.55. The van der Waals surface area contributed by atoms with Gasteiger partial charge >= 0.3 is 0 Å². The highest BCUT2D eigenvalue weighted by Crippen LogP contribution is 2.30. The molecule has 1 nitrogen and oxygen atoms in total. The highest BCUT2D eigenvalue weighted by molar-refractivity contribution is 5.32. The van der Waals surface area contributed by atoms with Gasteiger partial charge in [-0.3, -0.25) is 0 Å². The van der Waals surface area contributed by atoms with Crippen LogP contribution in [0.2, 0.25) is 0 Å². The lowest BCUT2D eigenvalue weighted by Gasteiger charge is -2.25. The molecule has 0 saturated carbocycles. The zero-order valence-electron chi connectivity index (χ0n) is 10.8. The maximum absolute atomic E-state index is 14.1. The van der Waals surface area contributed by atoms with Gasteiger partial charge in [0.25, 0.3) is 0 Å². The third kappa shape index (κ3) is 3.29. The maximum atomic E-state index is 14.1. The molecule has 1 aromatic carbocycles. The van der Waals surface area contributed by atoms with E-state index in [9.17, 15) is 4.39 Å². The molecule has 1 heterocycles. The van der Waals surface area contributed by atoms with Gasteiger partial charge in [-0.1, -0.05) is 24.3 Å². The molecule has 1 atom stereocenters. The number of hydrogen-bond acceptors (Lipinski definition) is 1. The molecular formula is C15H22FN. The SMILES string of the molecule is CC(C)(F)c1ccccc1CC1CCCNC1. The summed E-state index contributed by atoms with van der Waals surface area (Å²) in [6.45, 7) is 5.49. The van der Waals surface area contributed by atoms with Crippen molar-refractivity contribution in [3.63, 3.8) is 0 Å². The second-order valence-corrected chi connectivity index (χ2v) is 5.55. The molecule has 1 aromatic rings. The minimum atomic E-state index is -1.24. The number of alkyl halides is 1. The van der Waals surface area contributed by atoms with Crippen LogP contribution in [0.5, 0.6) is 0 Å². The van der Waals surface area contributed by atoms with E-state index in [0.717, 1.165) is 25.1 Å². The van der Waals surface area contributed by atoms with Crippen LogP contribution in [0, 0.1) is 5.92 Å². The second kappa shape index (κ2) is 5.18. The van der Waals surface area contributed by atoms with Crippen molar-refractivity contribution in [2.75, 3.05) is 13.1 Å². The average molecular weight is 235 g/mol. The molecule has 0 spiro atoms. The largest absolute Gasteiger partial charge is 0.316 e. The van der Waals surface area contributed by atoms with Crippen molar-refractivity contribution in [3.05, 3.63) is 35.4 Å². The minimum Gasteiger partial charge on any atom is -0.316 e. The Morgan fingerprint density at radius 2 is 2.12 bits per heavy atom. The molecule has 0 amide bonds. The van der Waals surface area contributed by atoms with Crippen LogP contribution in [0.1, 0.15) is 37.8 Å². The van der Waals surface area contributed by atoms with Crippen LogP contribution >= 0.6 is 0 Å². The summed E-state index contributed by atoms with van der Waals surface area (Å²) < 4.78 is 14.1. The quantitative estimate of drug-likeness (QED) is 0.846. The van der Waals surface area contributed by atoms with Gasteiger partial charge in [-0.05, 0) is 63.2 Å². The Labute approximate surface area is 103 Å². The molecule has 2 heteroatoms. The standard InChI is InChI=1S/C15H22FN/c1-15(2,16)14-8-4-3-7-13(14)10-12-6-5-9-17-11-12/h3-4,7-8,12,17H,5-6,9-11H2,1-2H3. The van der Waals surface area contributed by atoms with Crippen LogP contribution in [-0.4, -0.2) is 13.1 Å². The van der Waals surface area contributed by atoms with Crippen molar-refractivity contribution in [3.8, 4) is 0 Å². The van der Waals surface area contributed by atoms with Gasteiger partial charge < -0.3 is 5.32 Å². The summed E-state index contributed by atoms with van der Waals surface area (Å²) >= 11 is 0. The topological polar surface area (TPSA) is 12.0 Å². The van der Waals surface area contributed by atoms with E-state index in [-0.39, 0.29) is 0 Å². The van der Waals surface area contributed by atoms with Gasteiger partial charge in [0.2, 0.25) is 0 Å². The summed E-state index contributed by atoms with van der Waals surface area (Å²) in [6.07, 6.45) is 3.50. The zero-order valence-corrected chi connectivity index (χ0v) is 10.8. The van der Waals surface area contributed by atoms with Gasteiger partial charge in [0, 0.05) is 0 Å². The monoisotopic (exact) mass is 235 g/mol. The molecule has 0 aliphatic carbocycles. The first kappa shape index (κ1) is 12.6. The van der Waals surface area contributed by atoms with Crippen LogP contribution in [0.15, 0.2) is 24.3 Å². The Balaban J connectivity index is 2.14. The number of nitrogens with one attached hydrogen (secondary N) is 1. The lowest BCUT2D eigenvalue weighted by molar-refractivity contribution is 0.218. The highest BCUT2D eigenvalue weighted by Gasteiger charge is 2.23. The van der Waals surface area contributed by atoms with Crippen LogP contribution < -0.4 is 5.32 Å². The predicted octanol–water partition coefficient (Wildman–Crippen LogP) is 3.43. The van der Waals surface area contributed by atoms with E-state index in [1.165, 1.54) is 18.4 Å². The van der Waals surface area contributed by atoms with Crippen LogP contribution in [0.25, 0.3) is 0 Å². The van der Waals surface area contributed by atoms with Gasteiger partial charge in [-0.25, -0.2) is 4.39 Å². The van der Waals surface area contributed by atoms with Gasteiger partial charge in [-0.15, -0.1) is 0 Å². The van der Waals surface area contributed by atoms with Gasteiger partial charge in [0.05, 0.1) is 0 Å². The highest BCUT2D eigenvalue weighted by atomic mass is 19.1. The molecule has 1 saturated heterocycles. The molecular weight excluding hydrogens is 213 g/mol. The molecule has 94 valence electrons. The summed E-state index contributed by atoms with van der Waals surface area (Å²) in [5.41, 5.74) is 0.790. The molecule has 2 rings (SSSR count). The van der Waals surface area contributed by atoms with Gasteiger partial charge in [0.15, 0.2) is 0 Å². The predicted molar refractivity (Wildman–Crippen MR) is 69.9 cm³/mol. The molecule has 1 aliphatic heterocycles. The molecule has 17 heavy (non-hydrogen) atoms. The summed E-state index contributed by atoms with van der Waals surface area (Å²) in [4.78, 5) is 0. The Morgan fingerprint density at radius 3 is 2.76 bits per heavy atom. The molecule has 1 aliphatic rings. The number of benzene rings is 1. The number of piperidine rings is 1. The van der Waals surface area contributed by atoms with Crippen molar-refractivity contribution < 1.29 is 4.39 Å². The Bertz CT molecular complexity index is 361. The van der Waals surface area contributed by atoms with Crippen molar-refractivity contribution >= 4 is 0 Å². The third-order valence-corrected chi connectivity index (χ3v) is 3.57. The lowest BCUT2D eigenvalue weighted by Crippen LogP contribution is -2.31. The van der Waals surface area contributed by atoms with E-state index < -0.39 is 5.67 Å². The summed E-state index contributed by atoms with van der Waals surface area (Å²) in [6, 6.07) is 7.94. The van der Waals surface area contributed by atoms with Crippen LogP contribution in [-0.2, 0) is 12.1 Å². The Hall–Kier alpha value is -0.890. The molecule has 0 bridgehead atoms. The summed E-state index contributed by atoms with van der Waals surface area (Å²) in [5, 5.41) is 3.42. The van der Waals surface area contributed by atoms with E-state index in [2.05, 4.69) is 11.4 Å². The van der Waals surface area contributed by atoms with E-state index in [0.29, 0.717) is 5.92 Å². The lowest BCUT2D eigenvalue weighted by atomic mass is 9.86. The molecule has 1 N–H and O–H groups in total. The smallest absolute Gasteiger partial charge is 0.130 e. The summed E-state index contributed by atoms with van der Waals surface area (Å²) in [5.74, 6) is 0.659. The van der Waals surface area contributed by atoms with Crippen molar-refractivity contribution in [1.82, 2.24) is 5.32 Å². The number of halogens is 1. The first-order valence-corrected chi connectivity index (χ1v) is 6.55. The molecule has 1 fully saturated rings. The van der Waals surface area contributed by atoms with E-state index >= 15 is 0 Å².